The summed E-state index contributed by atoms with van der Waals surface area (Å²) in [6.07, 6.45) is 4.13. The largest absolute Gasteiger partial charge is 0.493 e. The van der Waals surface area contributed by atoms with Crippen LogP contribution in [-0.4, -0.2) is 29.7 Å². The summed E-state index contributed by atoms with van der Waals surface area (Å²) in [5.41, 5.74) is 1.20. The number of nitrogens with one attached hydrogen (secondary N) is 1. The van der Waals surface area contributed by atoms with Crippen molar-refractivity contribution in [3.05, 3.63) is 42.2 Å². The number of anilines is 2. The molecule has 24 heavy (non-hydrogen) atoms. The molecule has 0 spiro atoms. The van der Waals surface area contributed by atoms with Crippen molar-refractivity contribution in [2.75, 3.05) is 29.9 Å². The molecule has 1 aromatic heterocycles. The van der Waals surface area contributed by atoms with Gasteiger partial charge in [0.05, 0.1) is 6.61 Å². The van der Waals surface area contributed by atoms with Gasteiger partial charge in [-0.2, -0.15) is 0 Å². The predicted octanol–water partition coefficient (Wildman–Crippen LogP) is 3.72. The standard InChI is InChI=1S/C19H26N4O/c1-15(2)13-24-17-7-5-16(6-8-17)12-20-18-11-19(22-14-21-18)23-9-3-4-10-23/h5-8,11,14-15H,3-4,9-10,12-13H2,1-2H3,(H,20,21,22). The molecule has 0 bridgehead atoms. The molecule has 0 amide bonds. The molecule has 0 atom stereocenters. The molecular weight excluding hydrogens is 300 g/mol. The van der Waals surface area contributed by atoms with Gasteiger partial charge in [0.2, 0.25) is 0 Å². The first-order chi connectivity index (χ1) is 11.7. The van der Waals surface area contributed by atoms with Crippen LogP contribution >= 0.6 is 0 Å². The summed E-state index contributed by atoms with van der Waals surface area (Å²) >= 11 is 0. The predicted molar refractivity (Wildman–Crippen MR) is 97.6 cm³/mol. The monoisotopic (exact) mass is 326 g/mol. The highest BCUT2D eigenvalue weighted by atomic mass is 16.5. The minimum Gasteiger partial charge on any atom is -0.493 e. The van der Waals surface area contributed by atoms with Crippen molar-refractivity contribution in [1.82, 2.24) is 9.97 Å². The molecule has 2 heterocycles. The minimum atomic E-state index is 0.536. The van der Waals surface area contributed by atoms with Crippen LogP contribution in [0.1, 0.15) is 32.3 Å². The third-order valence-electron chi connectivity index (χ3n) is 4.06. The Morgan fingerprint density at radius 2 is 1.88 bits per heavy atom. The molecule has 1 N–H and O–H groups in total. The summed E-state index contributed by atoms with van der Waals surface area (Å²) in [6, 6.07) is 10.3. The van der Waals surface area contributed by atoms with Gasteiger partial charge < -0.3 is 15.0 Å². The van der Waals surface area contributed by atoms with Gasteiger partial charge in [-0.25, -0.2) is 9.97 Å². The number of aromatic nitrogens is 2. The van der Waals surface area contributed by atoms with Gasteiger partial charge in [-0.05, 0) is 36.5 Å². The summed E-state index contributed by atoms with van der Waals surface area (Å²) in [6.45, 7) is 7.97. The number of ether oxygens (including phenoxy) is 1. The van der Waals surface area contributed by atoms with E-state index in [1.54, 1.807) is 6.33 Å². The van der Waals surface area contributed by atoms with E-state index in [-0.39, 0.29) is 0 Å². The highest BCUT2D eigenvalue weighted by molar-refractivity contribution is 5.49. The number of hydrogen-bond donors (Lipinski definition) is 1. The van der Waals surface area contributed by atoms with Gasteiger partial charge in [-0.1, -0.05) is 26.0 Å². The molecule has 1 aliphatic heterocycles. The van der Waals surface area contributed by atoms with Crippen molar-refractivity contribution < 1.29 is 4.74 Å². The fourth-order valence-electron chi connectivity index (χ4n) is 2.72. The van der Waals surface area contributed by atoms with Crippen molar-refractivity contribution in [1.29, 1.82) is 0 Å². The third-order valence-corrected chi connectivity index (χ3v) is 4.06. The Labute approximate surface area is 144 Å². The lowest BCUT2D eigenvalue weighted by atomic mass is 10.2. The molecule has 0 unspecified atom stereocenters. The second-order valence-electron chi connectivity index (χ2n) is 6.66. The molecule has 1 aliphatic rings. The zero-order valence-corrected chi connectivity index (χ0v) is 14.5. The summed E-state index contributed by atoms with van der Waals surface area (Å²) in [5.74, 6) is 3.34. The molecule has 3 rings (SSSR count). The van der Waals surface area contributed by atoms with Crippen LogP contribution in [0.4, 0.5) is 11.6 Å². The first kappa shape index (κ1) is 16.6. The highest BCUT2D eigenvalue weighted by Gasteiger charge is 2.13. The third kappa shape index (κ3) is 4.60. The Morgan fingerprint density at radius 3 is 2.58 bits per heavy atom. The van der Waals surface area contributed by atoms with Gasteiger partial charge in [-0.3, -0.25) is 0 Å². The lowest BCUT2D eigenvalue weighted by Gasteiger charge is -2.16. The van der Waals surface area contributed by atoms with E-state index in [0.717, 1.165) is 43.6 Å². The molecule has 128 valence electrons. The Bertz CT molecular complexity index is 636. The molecule has 0 aliphatic carbocycles. The van der Waals surface area contributed by atoms with Crippen LogP contribution in [0.5, 0.6) is 5.75 Å². The molecule has 1 saturated heterocycles. The SMILES string of the molecule is CC(C)COc1ccc(CNc2cc(N3CCCC3)ncn2)cc1. The van der Waals surface area contributed by atoms with E-state index in [0.29, 0.717) is 5.92 Å². The van der Waals surface area contributed by atoms with Crippen LogP contribution in [-0.2, 0) is 6.54 Å². The number of hydrogen-bond acceptors (Lipinski definition) is 5. The van der Waals surface area contributed by atoms with E-state index in [1.165, 1.54) is 18.4 Å². The molecular formula is C19H26N4O. The molecule has 1 fully saturated rings. The van der Waals surface area contributed by atoms with Crippen molar-refractivity contribution in [3.8, 4) is 5.75 Å². The van der Waals surface area contributed by atoms with Crippen molar-refractivity contribution in [2.24, 2.45) is 5.92 Å². The first-order valence-corrected chi connectivity index (χ1v) is 8.73. The van der Waals surface area contributed by atoms with Crippen LogP contribution < -0.4 is 15.0 Å². The summed E-state index contributed by atoms with van der Waals surface area (Å²) in [4.78, 5) is 11.0. The number of rotatable bonds is 7. The zero-order chi connectivity index (χ0) is 16.8. The van der Waals surface area contributed by atoms with E-state index in [2.05, 4.69) is 46.2 Å². The Kier molecular flexibility index (Phi) is 5.51. The van der Waals surface area contributed by atoms with E-state index in [9.17, 15) is 0 Å². The maximum Gasteiger partial charge on any atom is 0.134 e. The van der Waals surface area contributed by atoms with Gasteiger partial charge in [0, 0.05) is 25.7 Å². The Balaban J connectivity index is 1.54. The van der Waals surface area contributed by atoms with Gasteiger partial charge in [0.25, 0.3) is 0 Å². The summed E-state index contributed by atoms with van der Waals surface area (Å²) in [5, 5.41) is 3.38. The quantitative estimate of drug-likeness (QED) is 0.840. The van der Waals surface area contributed by atoms with Gasteiger partial charge >= 0.3 is 0 Å². The normalized spacial score (nSPS) is 14.2. The van der Waals surface area contributed by atoms with Crippen LogP contribution in [0, 0.1) is 5.92 Å². The zero-order valence-electron chi connectivity index (χ0n) is 14.5. The smallest absolute Gasteiger partial charge is 0.134 e. The van der Waals surface area contributed by atoms with Gasteiger partial charge in [-0.15, -0.1) is 0 Å². The molecule has 5 nitrogen and oxygen atoms in total. The van der Waals surface area contributed by atoms with Gasteiger partial charge in [0.1, 0.15) is 23.7 Å². The number of nitrogens with zero attached hydrogens (tertiary/aromatic N) is 3. The van der Waals surface area contributed by atoms with E-state index in [4.69, 9.17) is 4.74 Å². The van der Waals surface area contributed by atoms with Crippen LogP contribution in [0.15, 0.2) is 36.7 Å². The second kappa shape index (κ2) is 7.99. The Hall–Kier alpha value is -2.30. The Morgan fingerprint density at radius 1 is 1.12 bits per heavy atom. The highest BCUT2D eigenvalue weighted by Crippen LogP contribution is 2.20. The number of benzene rings is 1. The van der Waals surface area contributed by atoms with E-state index < -0.39 is 0 Å². The summed E-state index contributed by atoms with van der Waals surface area (Å²) < 4.78 is 5.71. The van der Waals surface area contributed by atoms with Gasteiger partial charge in [0.15, 0.2) is 0 Å². The lowest BCUT2D eigenvalue weighted by Crippen LogP contribution is -2.19. The van der Waals surface area contributed by atoms with Crippen LogP contribution in [0.25, 0.3) is 0 Å². The fourth-order valence-corrected chi connectivity index (χ4v) is 2.72. The minimum absolute atomic E-state index is 0.536. The molecule has 0 saturated carbocycles. The van der Waals surface area contributed by atoms with Crippen molar-refractivity contribution in [3.63, 3.8) is 0 Å². The maximum absolute atomic E-state index is 5.71. The fraction of sp³-hybridized carbons (Fsp3) is 0.474. The molecule has 5 heteroatoms. The maximum atomic E-state index is 5.71. The molecule has 2 aromatic rings. The van der Waals surface area contributed by atoms with E-state index >= 15 is 0 Å². The molecule has 1 aromatic carbocycles. The molecule has 0 radical (unpaired) electrons. The second-order valence-corrected chi connectivity index (χ2v) is 6.66. The first-order valence-electron chi connectivity index (χ1n) is 8.73. The van der Waals surface area contributed by atoms with Crippen molar-refractivity contribution in [2.45, 2.75) is 33.2 Å². The topological polar surface area (TPSA) is 50.3 Å². The lowest BCUT2D eigenvalue weighted by molar-refractivity contribution is 0.271. The van der Waals surface area contributed by atoms with Crippen LogP contribution in [0.3, 0.4) is 0 Å². The van der Waals surface area contributed by atoms with Crippen LogP contribution in [0.2, 0.25) is 0 Å². The van der Waals surface area contributed by atoms with Crippen molar-refractivity contribution >= 4 is 11.6 Å². The average molecular weight is 326 g/mol. The van der Waals surface area contributed by atoms with E-state index in [1.807, 2.05) is 18.2 Å². The average Bonchev–Trinajstić information content (AvgIpc) is 3.14. The summed E-state index contributed by atoms with van der Waals surface area (Å²) in [7, 11) is 0.